The molecule has 2 aromatic heterocycles. The van der Waals surface area contributed by atoms with Crippen LogP contribution in [0.2, 0.25) is 0 Å². The molecule has 1 N–H and O–H groups in total. The average molecular weight is 683 g/mol. The molecule has 0 aliphatic carbocycles. The quantitative estimate of drug-likeness (QED) is 0.198. The van der Waals surface area contributed by atoms with Gasteiger partial charge in [-0.3, -0.25) is 28.8 Å². The van der Waals surface area contributed by atoms with Crippen LogP contribution in [0.4, 0.5) is 14.5 Å². The van der Waals surface area contributed by atoms with Gasteiger partial charge in [-0.25, -0.2) is 8.78 Å². The van der Waals surface area contributed by atoms with Crippen LogP contribution in [0.25, 0.3) is 16.6 Å². The molecule has 1 amide bonds. The molecule has 13 heteroatoms. The molecule has 0 spiro atoms. The summed E-state index contributed by atoms with van der Waals surface area (Å²) in [6.45, 7) is 2.77. The Kier molecular flexibility index (Phi) is 9.13. The van der Waals surface area contributed by atoms with E-state index in [1.54, 1.807) is 24.4 Å². The highest BCUT2D eigenvalue weighted by Gasteiger charge is 2.27. The first-order chi connectivity index (χ1) is 24.3. The molecule has 5 aromatic rings. The summed E-state index contributed by atoms with van der Waals surface area (Å²) in [6, 6.07) is 14.2. The molecule has 7 rings (SSSR count). The number of carbonyl (C=O) groups is 2. The fraction of sp³-hybridized carbons (Fsp3) is 0.243. The van der Waals surface area contributed by atoms with E-state index in [0.29, 0.717) is 84.9 Å². The lowest BCUT2D eigenvalue weighted by atomic mass is 10.1. The normalized spacial score (nSPS) is 14.3. The van der Waals surface area contributed by atoms with E-state index in [0.717, 1.165) is 6.07 Å². The van der Waals surface area contributed by atoms with Crippen LogP contribution in [0.5, 0.6) is 28.7 Å². The minimum absolute atomic E-state index is 0.0855. The summed E-state index contributed by atoms with van der Waals surface area (Å²) >= 11 is 0. The first-order valence-corrected chi connectivity index (χ1v) is 16.1. The number of fused-ring (bicyclic) bond motifs is 2. The number of ketones is 1. The molecule has 2 aliphatic heterocycles. The second-order valence-corrected chi connectivity index (χ2v) is 11.9. The van der Waals surface area contributed by atoms with Crippen molar-refractivity contribution in [2.45, 2.75) is 19.3 Å². The van der Waals surface area contributed by atoms with Crippen LogP contribution in [0.3, 0.4) is 0 Å². The van der Waals surface area contributed by atoms with Gasteiger partial charge < -0.3 is 24.3 Å². The van der Waals surface area contributed by atoms with Crippen molar-refractivity contribution in [2.24, 2.45) is 0 Å². The van der Waals surface area contributed by atoms with Gasteiger partial charge in [-0.05, 0) is 48.5 Å². The number of aromatic nitrogens is 2. The third kappa shape index (κ3) is 6.72. The smallest absolute Gasteiger partial charge is 0.271 e. The zero-order chi connectivity index (χ0) is 34.8. The second kappa shape index (κ2) is 14.0. The number of hydrogen-bond donors (Lipinski definition) is 1. The van der Waals surface area contributed by atoms with Crippen molar-refractivity contribution in [1.29, 1.82) is 0 Å². The number of likely N-dealkylation sites (tertiary alicyclic amines) is 1. The van der Waals surface area contributed by atoms with Crippen LogP contribution in [0, 0.1) is 11.6 Å². The Morgan fingerprint density at radius 1 is 0.940 bits per heavy atom. The highest BCUT2D eigenvalue weighted by molar-refractivity contribution is 6.06. The van der Waals surface area contributed by atoms with Gasteiger partial charge in [0.2, 0.25) is 0 Å². The van der Waals surface area contributed by atoms with E-state index in [4.69, 9.17) is 18.9 Å². The van der Waals surface area contributed by atoms with E-state index in [1.807, 2.05) is 0 Å². The average Bonchev–Trinajstić information content (AvgIpc) is 3.58. The topological polar surface area (TPSA) is 121 Å². The molecule has 2 aliphatic rings. The SMILES string of the molecule is COc1cc2c(Oc3ccc(NC(=O)c4c5c(cn(-c6ccc(F)cc6)c4=O)CCO5)cc3F)ccnc2cc1OCCN1CCC(=O)CC1. The Labute approximate surface area is 285 Å². The van der Waals surface area contributed by atoms with Crippen LogP contribution >= 0.6 is 0 Å². The van der Waals surface area contributed by atoms with Gasteiger partial charge in [0.1, 0.15) is 35.3 Å². The lowest BCUT2D eigenvalue weighted by Crippen LogP contribution is -2.36. The second-order valence-electron chi connectivity index (χ2n) is 11.9. The molecule has 50 heavy (non-hydrogen) atoms. The third-order valence-corrected chi connectivity index (χ3v) is 8.66. The number of Topliss-reactive ketones (excluding diaryl/α,β-unsaturated/α-hetero) is 1. The Balaban J connectivity index is 1.08. The monoisotopic (exact) mass is 682 g/mol. The number of anilines is 1. The minimum atomic E-state index is -0.783. The summed E-state index contributed by atoms with van der Waals surface area (Å²) in [4.78, 5) is 45.0. The largest absolute Gasteiger partial charge is 0.493 e. The van der Waals surface area contributed by atoms with Crippen molar-refractivity contribution in [2.75, 3.05) is 45.3 Å². The van der Waals surface area contributed by atoms with Crippen molar-refractivity contribution in [1.82, 2.24) is 14.5 Å². The molecule has 3 aromatic carbocycles. The fourth-order valence-corrected chi connectivity index (χ4v) is 6.02. The van der Waals surface area contributed by atoms with Crippen LogP contribution in [0.1, 0.15) is 28.8 Å². The Bertz CT molecular complexity index is 2160. The van der Waals surface area contributed by atoms with Gasteiger partial charge >= 0.3 is 0 Å². The van der Waals surface area contributed by atoms with Crippen molar-refractivity contribution in [3.8, 4) is 34.4 Å². The minimum Gasteiger partial charge on any atom is -0.493 e. The van der Waals surface area contributed by atoms with Crippen molar-refractivity contribution >= 4 is 28.3 Å². The Morgan fingerprint density at radius 2 is 1.74 bits per heavy atom. The summed E-state index contributed by atoms with van der Waals surface area (Å²) < 4.78 is 53.4. The highest BCUT2D eigenvalue weighted by Crippen LogP contribution is 2.38. The number of nitrogens with zero attached hydrogens (tertiary/aromatic N) is 3. The predicted molar refractivity (Wildman–Crippen MR) is 180 cm³/mol. The van der Waals surface area contributed by atoms with Gasteiger partial charge in [0.25, 0.3) is 11.5 Å². The molecule has 0 unspecified atom stereocenters. The van der Waals surface area contributed by atoms with Gasteiger partial charge in [0.15, 0.2) is 23.1 Å². The number of halogens is 2. The van der Waals surface area contributed by atoms with E-state index < -0.39 is 23.1 Å². The maximum Gasteiger partial charge on any atom is 0.271 e. The van der Waals surface area contributed by atoms with Gasteiger partial charge in [-0.1, -0.05) is 0 Å². The number of methoxy groups -OCH3 is 1. The number of ether oxygens (including phenoxy) is 4. The van der Waals surface area contributed by atoms with Crippen molar-refractivity contribution in [3.63, 3.8) is 0 Å². The first kappa shape index (κ1) is 32.7. The first-order valence-electron chi connectivity index (χ1n) is 16.1. The summed E-state index contributed by atoms with van der Waals surface area (Å²) in [5, 5.41) is 3.15. The molecule has 0 bridgehead atoms. The van der Waals surface area contributed by atoms with Crippen LogP contribution in [-0.4, -0.2) is 66.1 Å². The zero-order valence-corrected chi connectivity index (χ0v) is 27.0. The van der Waals surface area contributed by atoms with E-state index in [-0.39, 0.29) is 35.1 Å². The van der Waals surface area contributed by atoms with Crippen molar-refractivity contribution < 1.29 is 37.3 Å². The van der Waals surface area contributed by atoms with Crippen LogP contribution in [0.15, 0.2) is 77.9 Å². The highest BCUT2D eigenvalue weighted by atomic mass is 19.1. The Hall–Kier alpha value is -5.82. The molecule has 0 atom stereocenters. The van der Waals surface area contributed by atoms with Crippen LogP contribution in [-0.2, 0) is 11.2 Å². The van der Waals surface area contributed by atoms with E-state index in [9.17, 15) is 18.8 Å². The van der Waals surface area contributed by atoms with Gasteiger partial charge in [0, 0.05) is 85.7 Å². The summed E-state index contributed by atoms with van der Waals surface area (Å²) in [6.07, 6.45) is 4.69. The Morgan fingerprint density at radius 3 is 2.50 bits per heavy atom. The summed E-state index contributed by atoms with van der Waals surface area (Å²) in [5.74, 6) is -0.436. The number of piperidine rings is 1. The summed E-state index contributed by atoms with van der Waals surface area (Å²) in [5.41, 5.74) is 0.741. The van der Waals surface area contributed by atoms with Crippen LogP contribution < -0.4 is 29.8 Å². The lowest BCUT2D eigenvalue weighted by molar-refractivity contribution is -0.121. The maximum atomic E-state index is 15.4. The molecule has 11 nitrogen and oxygen atoms in total. The standard InChI is InChI=1S/C37H32F2N4O7/c1-47-32-19-27-29(20-33(32)48-17-15-42-13-9-26(44)10-14-42)40-12-8-30(27)50-31-7-4-24(18-28(31)39)41-36(45)34-35-22(11-16-49-35)21-43(37(34)46)25-5-2-23(38)3-6-25/h2-8,12,18-21H,9-11,13-17H2,1H3,(H,41,45). The molecule has 1 saturated heterocycles. The summed E-state index contributed by atoms with van der Waals surface area (Å²) in [7, 11) is 1.52. The van der Waals surface area contributed by atoms with Gasteiger partial charge in [-0.2, -0.15) is 0 Å². The molecule has 0 radical (unpaired) electrons. The maximum absolute atomic E-state index is 15.4. The number of pyridine rings is 2. The van der Waals surface area contributed by atoms with Gasteiger partial charge in [0.05, 0.1) is 19.2 Å². The molecule has 0 saturated carbocycles. The molecule has 256 valence electrons. The van der Waals surface area contributed by atoms with E-state index >= 15 is 4.39 Å². The fourth-order valence-electron chi connectivity index (χ4n) is 6.02. The lowest BCUT2D eigenvalue weighted by Gasteiger charge is -2.25. The number of benzene rings is 3. The van der Waals surface area contributed by atoms with E-state index in [1.165, 1.54) is 54.3 Å². The number of rotatable bonds is 10. The third-order valence-electron chi connectivity index (χ3n) is 8.66. The van der Waals surface area contributed by atoms with Gasteiger partial charge in [-0.15, -0.1) is 0 Å². The predicted octanol–water partition coefficient (Wildman–Crippen LogP) is 5.70. The number of amides is 1. The zero-order valence-electron chi connectivity index (χ0n) is 27.0. The van der Waals surface area contributed by atoms with E-state index in [2.05, 4.69) is 15.2 Å². The molecular weight excluding hydrogens is 650 g/mol. The molecular formula is C37H32F2N4O7. The molecule has 1 fully saturated rings. The van der Waals surface area contributed by atoms with Crippen molar-refractivity contribution in [3.05, 3.63) is 106 Å². The molecule has 4 heterocycles. The number of hydrogen-bond acceptors (Lipinski definition) is 9. The number of nitrogens with one attached hydrogen (secondary N) is 1. The number of carbonyl (C=O) groups excluding carboxylic acids is 2.